The van der Waals surface area contributed by atoms with E-state index in [-0.39, 0.29) is 4.90 Å². The monoisotopic (exact) mass is 371 g/mol. The van der Waals surface area contributed by atoms with Gasteiger partial charge in [0.05, 0.1) is 22.7 Å². The van der Waals surface area contributed by atoms with E-state index in [1.54, 1.807) is 28.9 Å². The second-order valence-electron chi connectivity index (χ2n) is 6.07. The van der Waals surface area contributed by atoms with Crippen LogP contribution in [-0.2, 0) is 16.6 Å². The van der Waals surface area contributed by atoms with E-state index in [1.807, 2.05) is 38.1 Å². The number of hydrazone groups is 1. The summed E-state index contributed by atoms with van der Waals surface area (Å²) in [5.74, 6) is 0. The maximum Gasteiger partial charge on any atom is 0.276 e. The van der Waals surface area contributed by atoms with Gasteiger partial charge >= 0.3 is 0 Å². The number of hydrogen-bond acceptors (Lipinski definition) is 5. The second-order valence-corrected chi connectivity index (χ2v) is 7.73. The van der Waals surface area contributed by atoms with Crippen molar-refractivity contribution in [2.24, 2.45) is 5.10 Å². The number of nitrogens with zero attached hydrogens (tertiary/aromatic N) is 4. The molecule has 3 aromatic rings. The van der Waals surface area contributed by atoms with Gasteiger partial charge in [0.25, 0.3) is 10.0 Å². The van der Waals surface area contributed by atoms with Crippen LogP contribution >= 0.6 is 0 Å². The first-order chi connectivity index (χ1) is 12.5. The average molecular weight is 371 g/mol. The molecule has 136 valence electrons. The SMILES string of the molecule is CCC/C(Cn1nnc2ccccc21)=N\NS(=O)(=O)c1ccc(C)cc1. The molecule has 0 saturated carbocycles. The maximum atomic E-state index is 12.4. The molecule has 0 spiro atoms. The van der Waals surface area contributed by atoms with Crippen molar-refractivity contribution in [3.8, 4) is 0 Å². The number of aryl methyl sites for hydroxylation is 1. The molecule has 0 aliphatic heterocycles. The van der Waals surface area contributed by atoms with E-state index < -0.39 is 10.0 Å². The summed E-state index contributed by atoms with van der Waals surface area (Å²) in [6.45, 7) is 4.30. The number of aromatic nitrogens is 3. The van der Waals surface area contributed by atoms with E-state index in [0.29, 0.717) is 18.7 Å². The molecule has 0 bridgehead atoms. The molecular formula is C18H21N5O2S. The third kappa shape index (κ3) is 4.08. The van der Waals surface area contributed by atoms with E-state index in [1.165, 1.54) is 0 Å². The summed E-state index contributed by atoms with van der Waals surface area (Å²) in [6, 6.07) is 14.3. The molecule has 0 atom stereocenters. The largest absolute Gasteiger partial charge is 0.276 e. The van der Waals surface area contributed by atoms with Crippen LogP contribution in [0.4, 0.5) is 0 Å². The summed E-state index contributed by atoms with van der Waals surface area (Å²) in [5, 5.41) is 12.4. The third-order valence-corrected chi connectivity index (χ3v) is 5.17. The molecule has 0 fully saturated rings. The van der Waals surface area contributed by atoms with Crippen molar-refractivity contribution in [3.05, 3.63) is 54.1 Å². The molecule has 1 N–H and O–H groups in total. The number of rotatable bonds is 7. The molecule has 3 rings (SSSR count). The van der Waals surface area contributed by atoms with Crippen molar-refractivity contribution in [1.82, 2.24) is 19.8 Å². The van der Waals surface area contributed by atoms with Gasteiger partial charge < -0.3 is 0 Å². The lowest BCUT2D eigenvalue weighted by molar-refractivity contribution is 0.583. The van der Waals surface area contributed by atoms with Crippen molar-refractivity contribution < 1.29 is 8.42 Å². The Morgan fingerprint density at radius 3 is 2.62 bits per heavy atom. The molecule has 1 heterocycles. The topological polar surface area (TPSA) is 89.2 Å². The smallest absolute Gasteiger partial charge is 0.239 e. The number of sulfonamides is 1. The normalized spacial score (nSPS) is 12.5. The van der Waals surface area contributed by atoms with Gasteiger partial charge in [-0.1, -0.05) is 48.4 Å². The molecule has 0 radical (unpaired) electrons. The van der Waals surface area contributed by atoms with Crippen LogP contribution in [0.2, 0.25) is 0 Å². The summed E-state index contributed by atoms with van der Waals surface area (Å²) in [6.07, 6.45) is 1.50. The Morgan fingerprint density at radius 2 is 1.88 bits per heavy atom. The maximum absolute atomic E-state index is 12.4. The highest BCUT2D eigenvalue weighted by Gasteiger charge is 2.14. The minimum absolute atomic E-state index is 0.189. The number of hydrogen-bond donors (Lipinski definition) is 1. The molecule has 0 amide bonds. The van der Waals surface area contributed by atoms with Gasteiger partial charge in [-0.2, -0.15) is 13.5 Å². The summed E-state index contributed by atoms with van der Waals surface area (Å²) in [5.41, 5.74) is 3.37. The lowest BCUT2D eigenvalue weighted by atomic mass is 10.2. The number of fused-ring (bicyclic) bond motifs is 1. The van der Waals surface area contributed by atoms with Crippen LogP contribution in [-0.4, -0.2) is 29.1 Å². The molecule has 0 aliphatic rings. The first kappa shape index (κ1) is 18.1. The van der Waals surface area contributed by atoms with Gasteiger partial charge in [-0.3, -0.25) is 0 Å². The molecule has 0 unspecified atom stereocenters. The molecule has 0 aliphatic carbocycles. The van der Waals surface area contributed by atoms with E-state index in [2.05, 4.69) is 20.2 Å². The van der Waals surface area contributed by atoms with Crippen molar-refractivity contribution in [1.29, 1.82) is 0 Å². The summed E-state index contributed by atoms with van der Waals surface area (Å²) in [4.78, 5) is 2.53. The summed E-state index contributed by atoms with van der Waals surface area (Å²) < 4.78 is 26.6. The first-order valence-corrected chi connectivity index (χ1v) is 9.90. The fourth-order valence-electron chi connectivity index (χ4n) is 2.56. The van der Waals surface area contributed by atoms with E-state index in [4.69, 9.17) is 0 Å². The van der Waals surface area contributed by atoms with Crippen molar-refractivity contribution in [2.75, 3.05) is 0 Å². The highest BCUT2D eigenvalue weighted by Crippen LogP contribution is 2.12. The van der Waals surface area contributed by atoms with Crippen LogP contribution in [0.5, 0.6) is 0 Å². The second kappa shape index (κ2) is 7.65. The quantitative estimate of drug-likeness (QED) is 0.511. The van der Waals surface area contributed by atoms with Crippen LogP contribution in [0.3, 0.4) is 0 Å². The Hall–Kier alpha value is -2.74. The molecule has 0 saturated heterocycles. The minimum Gasteiger partial charge on any atom is -0.239 e. The first-order valence-electron chi connectivity index (χ1n) is 8.42. The highest BCUT2D eigenvalue weighted by molar-refractivity contribution is 7.89. The lowest BCUT2D eigenvalue weighted by Crippen LogP contribution is -2.22. The van der Waals surface area contributed by atoms with E-state index in [9.17, 15) is 8.42 Å². The zero-order valence-corrected chi connectivity index (χ0v) is 15.6. The van der Waals surface area contributed by atoms with Crippen LogP contribution in [0.1, 0.15) is 25.3 Å². The average Bonchev–Trinajstić information content (AvgIpc) is 3.03. The van der Waals surface area contributed by atoms with Crippen molar-refractivity contribution in [2.45, 2.75) is 38.1 Å². The van der Waals surface area contributed by atoms with Crippen molar-refractivity contribution >= 4 is 26.8 Å². The van der Waals surface area contributed by atoms with Crippen LogP contribution in [0.25, 0.3) is 11.0 Å². The standard InChI is InChI=1S/C18H21N5O2S/c1-3-6-15(13-23-18-8-5-4-7-17(18)20-21-23)19-22-26(24,25)16-11-9-14(2)10-12-16/h4-5,7-12,22H,3,6,13H2,1-2H3/b19-15+. The van der Waals surface area contributed by atoms with Gasteiger partial charge in [-0.15, -0.1) is 5.10 Å². The van der Waals surface area contributed by atoms with Gasteiger partial charge in [0.15, 0.2) is 0 Å². The highest BCUT2D eigenvalue weighted by atomic mass is 32.2. The third-order valence-electron chi connectivity index (χ3n) is 3.95. The predicted octanol–water partition coefficient (Wildman–Crippen LogP) is 2.87. The predicted molar refractivity (Wildman–Crippen MR) is 101 cm³/mol. The van der Waals surface area contributed by atoms with Gasteiger partial charge in [0, 0.05) is 0 Å². The Balaban J connectivity index is 1.82. The molecule has 1 aromatic heterocycles. The Kier molecular flexibility index (Phi) is 5.32. The minimum atomic E-state index is -3.69. The molecule has 2 aromatic carbocycles. The summed E-state index contributed by atoms with van der Waals surface area (Å²) in [7, 11) is -3.69. The van der Waals surface area contributed by atoms with E-state index in [0.717, 1.165) is 23.0 Å². The Bertz CT molecular complexity index is 1020. The van der Waals surface area contributed by atoms with Gasteiger partial charge in [0.2, 0.25) is 0 Å². The van der Waals surface area contributed by atoms with E-state index >= 15 is 0 Å². The number of para-hydroxylation sites is 1. The number of nitrogens with one attached hydrogen (secondary N) is 1. The Labute approximate surface area is 152 Å². The lowest BCUT2D eigenvalue weighted by Gasteiger charge is -2.08. The van der Waals surface area contributed by atoms with Crippen LogP contribution < -0.4 is 4.83 Å². The van der Waals surface area contributed by atoms with Crippen LogP contribution in [0, 0.1) is 6.92 Å². The molecular weight excluding hydrogens is 350 g/mol. The van der Waals surface area contributed by atoms with Gasteiger partial charge in [-0.05, 0) is 37.6 Å². The zero-order chi connectivity index (χ0) is 18.6. The fourth-order valence-corrected chi connectivity index (χ4v) is 3.41. The van der Waals surface area contributed by atoms with Crippen molar-refractivity contribution in [3.63, 3.8) is 0 Å². The van der Waals surface area contributed by atoms with Gasteiger partial charge in [-0.25, -0.2) is 9.51 Å². The number of benzene rings is 2. The van der Waals surface area contributed by atoms with Gasteiger partial charge in [0.1, 0.15) is 5.52 Å². The summed E-state index contributed by atoms with van der Waals surface area (Å²) >= 11 is 0. The molecule has 8 heteroatoms. The molecule has 26 heavy (non-hydrogen) atoms. The zero-order valence-electron chi connectivity index (χ0n) is 14.8. The fraction of sp³-hybridized carbons (Fsp3) is 0.278. The van der Waals surface area contributed by atoms with Crippen LogP contribution in [0.15, 0.2) is 58.5 Å². The Morgan fingerprint density at radius 1 is 1.15 bits per heavy atom. The molecule has 7 nitrogen and oxygen atoms in total.